The molecule has 1 aromatic rings. The fourth-order valence-corrected chi connectivity index (χ4v) is 4.17. The van der Waals surface area contributed by atoms with Gasteiger partial charge in [0.2, 0.25) is 10.0 Å². The zero-order chi connectivity index (χ0) is 14.6. The number of nitrogens with one attached hydrogen (secondary N) is 2. The Morgan fingerprint density at radius 1 is 1.29 bits per heavy atom. The van der Waals surface area contributed by atoms with Gasteiger partial charge in [-0.15, -0.1) is 0 Å². The van der Waals surface area contributed by atoms with Crippen molar-refractivity contribution in [1.82, 2.24) is 14.6 Å². The normalized spacial score (nSPS) is 28.8. The van der Waals surface area contributed by atoms with E-state index in [0.29, 0.717) is 22.9 Å². The van der Waals surface area contributed by atoms with E-state index in [9.17, 15) is 8.42 Å². The molecule has 4 rings (SSSR count). The molecule has 2 atom stereocenters. The molecule has 0 saturated heterocycles. The van der Waals surface area contributed by atoms with Crippen molar-refractivity contribution in [3.05, 3.63) is 18.0 Å². The van der Waals surface area contributed by atoms with E-state index in [0.717, 1.165) is 31.5 Å². The van der Waals surface area contributed by atoms with E-state index >= 15 is 0 Å². The highest BCUT2D eigenvalue weighted by atomic mass is 32.2. The summed E-state index contributed by atoms with van der Waals surface area (Å²) in [7, 11) is -3.36. The number of hydrogen-bond donors (Lipinski definition) is 2. The summed E-state index contributed by atoms with van der Waals surface area (Å²) in [5.41, 5.74) is 1.11. The van der Waals surface area contributed by atoms with Crippen molar-refractivity contribution < 1.29 is 8.42 Å². The SMILES string of the molecule is CC1CC1NS(=O)(=O)c1cc(CNC2CC2)n(C2CC2)c1. The molecular formula is C15H23N3O2S. The molecule has 3 fully saturated rings. The topological polar surface area (TPSA) is 63.1 Å². The molecule has 116 valence electrons. The lowest BCUT2D eigenvalue weighted by Gasteiger charge is -2.07. The highest BCUT2D eigenvalue weighted by molar-refractivity contribution is 7.89. The summed E-state index contributed by atoms with van der Waals surface area (Å²) >= 11 is 0. The summed E-state index contributed by atoms with van der Waals surface area (Å²) in [4.78, 5) is 0.432. The summed E-state index contributed by atoms with van der Waals surface area (Å²) in [6.07, 6.45) is 7.61. The van der Waals surface area contributed by atoms with Crippen molar-refractivity contribution in [3.8, 4) is 0 Å². The molecule has 0 aliphatic heterocycles. The van der Waals surface area contributed by atoms with Gasteiger partial charge in [0.05, 0.1) is 4.90 Å². The lowest BCUT2D eigenvalue weighted by atomic mass is 10.4. The monoisotopic (exact) mass is 309 g/mol. The molecular weight excluding hydrogens is 286 g/mol. The van der Waals surface area contributed by atoms with Gasteiger partial charge in [-0.2, -0.15) is 0 Å². The molecule has 3 aliphatic carbocycles. The van der Waals surface area contributed by atoms with E-state index in [2.05, 4.69) is 21.5 Å². The van der Waals surface area contributed by atoms with Crippen molar-refractivity contribution in [2.75, 3.05) is 0 Å². The van der Waals surface area contributed by atoms with E-state index in [1.807, 2.05) is 12.3 Å². The molecule has 2 unspecified atom stereocenters. The minimum absolute atomic E-state index is 0.132. The molecule has 0 aromatic carbocycles. The standard InChI is InChI=1S/C15H23N3O2S/c1-10-6-15(10)17-21(19,20)14-7-13(8-16-11-2-3-11)18(9-14)12-4-5-12/h7,9-12,15-17H,2-6,8H2,1H3. The Bertz CT molecular complexity index is 644. The van der Waals surface area contributed by atoms with Crippen LogP contribution in [0.2, 0.25) is 0 Å². The summed E-state index contributed by atoms with van der Waals surface area (Å²) in [6, 6.07) is 3.12. The lowest BCUT2D eigenvalue weighted by molar-refractivity contribution is 0.577. The molecule has 0 bridgehead atoms. The van der Waals surface area contributed by atoms with E-state index in [4.69, 9.17) is 0 Å². The number of sulfonamides is 1. The van der Waals surface area contributed by atoms with E-state index < -0.39 is 10.0 Å². The number of hydrogen-bond acceptors (Lipinski definition) is 3. The minimum atomic E-state index is -3.36. The highest BCUT2D eigenvalue weighted by Crippen LogP contribution is 2.38. The second-order valence-electron chi connectivity index (χ2n) is 6.90. The van der Waals surface area contributed by atoms with Crippen LogP contribution in [0.25, 0.3) is 0 Å². The average molecular weight is 309 g/mol. The third kappa shape index (κ3) is 3.03. The lowest BCUT2D eigenvalue weighted by Crippen LogP contribution is -2.26. The molecule has 2 N–H and O–H groups in total. The fourth-order valence-electron chi connectivity index (χ4n) is 2.77. The Labute approximate surface area is 126 Å². The first-order valence-corrected chi connectivity index (χ1v) is 9.48. The molecule has 0 radical (unpaired) electrons. The maximum absolute atomic E-state index is 12.4. The zero-order valence-electron chi connectivity index (χ0n) is 12.4. The number of aromatic nitrogens is 1. The Morgan fingerprint density at radius 3 is 2.57 bits per heavy atom. The van der Waals surface area contributed by atoms with Crippen molar-refractivity contribution >= 4 is 10.0 Å². The number of nitrogens with zero attached hydrogens (tertiary/aromatic N) is 1. The number of rotatable bonds is 7. The van der Waals surface area contributed by atoms with Crippen molar-refractivity contribution in [2.45, 2.75) is 68.6 Å². The Hall–Kier alpha value is -0.850. The molecule has 6 heteroatoms. The van der Waals surface area contributed by atoms with E-state index in [1.54, 1.807) is 0 Å². The maximum Gasteiger partial charge on any atom is 0.242 e. The van der Waals surface area contributed by atoms with Gasteiger partial charge in [0.1, 0.15) is 0 Å². The third-order valence-electron chi connectivity index (χ3n) is 4.72. The zero-order valence-corrected chi connectivity index (χ0v) is 13.2. The maximum atomic E-state index is 12.4. The third-order valence-corrected chi connectivity index (χ3v) is 6.18. The summed E-state index contributed by atoms with van der Waals surface area (Å²) in [5.74, 6) is 0.473. The van der Waals surface area contributed by atoms with Crippen LogP contribution in [-0.4, -0.2) is 25.1 Å². The van der Waals surface area contributed by atoms with Crippen molar-refractivity contribution in [3.63, 3.8) is 0 Å². The second kappa shape index (κ2) is 4.83. The van der Waals surface area contributed by atoms with Crippen LogP contribution in [-0.2, 0) is 16.6 Å². The van der Waals surface area contributed by atoms with Crippen molar-refractivity contribution in [2.24, 2.45) is 5.92 Å². The highest BCUT2D eigenvalue weighted by Gasteiger charge is 2.37. The van der Waals surface area contributed by atoms with Gasteiger partial charge in [-0.25, -0.2) is 13.1 Å². The van der Waals surface area contributed by atoms with Crippen LogP contribution in [0, 0.1) is 5.92 Å². The quantitative estimate of drug-likeness (QED) is 0.807. The molecule has 1 heterocycles. The van der Waals surface area contributed by atoms with Gasteiger partial charge in [0, 0.05) is 36.6 Å². The molecule has 3 aliphatic rings. The second-order valence-corrected chi connectivity index (χ2v) is 8.62. The van der Waals surface area contributed by atoms with Gasteiger partial charge >= 0.3 is 0 Å². The fraction of sp³-hybridized carbons (Fsp3) is 0.733. The van der Waals surface area contributed by atoms with Crippen LogP contribution < -0.4 is 10.0 Å². The van der Waals surface area contributed by atoms with Crippen LogP contribution in [0.3, 0.4) is 0 Å². The Morgan fingerprint density at radius 2 is 2.00 bits per heavy atom. The van der Waals surface area contributed by atoms with Gasteiger partial charge in [-0.1, -0.05) is 6.92 Å². The van der Waals surface area contributed by atoms with Crippen LogP contribution in [0.1, 0.15) is 50.8 Å². The van der Waals surface area contributed by atoms with Gasteiger partial charge < -0.3 is 9.88 Å². The molecule has 3 saturated carbocycles. The summed E-state index contributed by atoms with van der Waals surface area (Å²) < 4.78 is 29.9. The molecule has 5 nitrogen and oxygen atoms in total. The molecule has 0 amide bonds. The average Bonchev–Trinajstić information content (AvgIpc) is 3.29. The van der Waals surface area contributed by atoms with Crippen molar-refractivity contribution in [1.29, 1.82) is 0 Å². The summed E-state index contributed by atoms with van der Waals surface area (Å²) in [5, 5.41) is 3.48. The van der Waals surface area contributed by atoms with Gasteiger partial charge in [0.15, 0.2) is 0 Å². The van der Waals surface area contributed by atoms with E-state index in [1.165, 1.54) is 12.8 Å². The molecule has 21 heavy (non-hydrogen) atoms. The van der Waals surface area contributed by atoms with Crippen LogP contribution >= 0.6 is 0 Å². The Balaban J connectivity index is 1.54. The Kier molecular flexibility index (Phi) is 3.17. The minimum Gasteiger partial charge on any atom is -0.346 e. The smallest absolute Gasteiger partial charge is 0.242 e. The van der Waals surface area contributed by atoms with Gasteiger partial charge in [-0.3, -0.25) is 0 Å². The van der Waals surface area contributed by atoms with Gasteiger partial charge in [0.25, 0.3) is 0 Å². The molecule has 0 spiro atoms. The largest absolute Gasteiger partial charge is 0.346 e. The van der Waals surface area contributed by atoms with Gasteiger partial charge in [-0.05, 0) is 44.1 Å². The van der Waals surface area contributed by atoms with Crippen LogP contribution in [0.15, 0.2) is 17.2 Å². The predicted octanol–water partition coefficient (Wildman–Crippen LogP) is 1.76. The first kappa shape index (κ1) is 13.8. The van der Waals surface area contributed by atoms with Crippen LogP contribution in [0.4, 0.5) is 0 Å². The first-order chi connectivity index (χ1) is 10.0. The van der Waals surface area contributed by atoms with Crippen LogP contribution in [0.5, 0.6) is 0 Å². The summed E-state index contributed by atoms with van der Waals surface area (Å²) in [6.45, 7) is 2.85. The molecule has 1 aromatic heterocycles. The van der Waals surface area contributed by atoms with E-state index in [-0.39, 0.29) is 6.04 Å². The first-order valence-electron chi connectivity index (χ1n) is 7.99. The predicted molar refractivity (Wildman–Crippen MR) is 80.5 cm³/mol.